The van der Waals surface area contributed by atoms with E-state index in [1.54, 1.807) is 35.2 Å². The molecule has 1 aromatic heterocycles. The molecule has 2 aromatic carbocycles. The van der Waals surface area contributed by atoms with Gasteiger partial charge in [0.25, 0.3) is 0 Å². The van der Waals surface area contributed by atoms with Crippen molar-refractivity contribution in [3.63, 3.8) is 0 Å². The lowest BCUT2D eigenvalue weighted by Crippen LogP contribution is -2.55. The van der Waals surface area contributed by atoms with Gasteiger partial charge in [-0.1, -0.05) is 35.9 Å². The average Bonchev–Trinajstić information content (AvgIpc) is 3.60. The van der Waals surface area contributed by atoms with Crippen molar-refractivity contribution in [1.29, 1.82) is 0 Å². The van der Waals surface area contributed by atoms with Gasteiger partial charge >= 0.3 is 6.03 Å². The molecule has 1 fully saturated rings. The third kappa shape index (κ3) is 6.73. The number of ketones is 1. The van der Waals surface area contributed by atoms with Crippen LogP contribution in [0.25, 0.3) is 0 Å². The Hall–Kier alpha value is -4.22. The Morgan fingerprint density at radius 2 is 1.88 bits per heavy atom. The number of amides is 4. The Labute approximate surface area is 258 Å². The number of halogens is 1. The molecule has 0 aliphatic carbocycles. The first kappa shape index (κ1) is 30.2. The van der Waals surface area contributed by atoms with E-state index in [1.165, 1.54) is 16.2 Å². The van der Waals surface area contributed by atoms with Gasteiger partial charge < -0.3 is 20.7 Å². The number of carbonyl (C=O) groups is 4. The van der Waals surface area contributed by atoms with Crippen LogP contribution in [0, 0.1) is 0 Å². The monoisotopic (exact) mass is 621 g/mol. The number of aliphatic imine (C=N–C) groups is 1. The number of thiophene rings is 1. The minimum atomic E-state index is -0.737. The van der Waals surface area contributed by atoms with Crippen molar-refractivity contribution in [1.82, 2.24) is 15.1 Å². The van der Waals surface area contributed by atoms with Crippen molar-refractivity contribution in [3.05, 3.63) is 86.6 Å². The zero-order valence-electron chi connectivity index (χ0n) is 24.0. The van der Waals surface area contributed by atoms with E-state index < -0.39 is 35.8 Å². The summed E-state index contributed by atoms with van der Waals surface area (Å²) >= 11 is 7.71. The maximum atomic E-state index is 14.4. The quantitative estimate of drug-likeness (QED) is 0.290. The number of primary amides is 1. The van der Waals surface area contributed by atoms with Gasteiger partial charge in [-0.25, -0.2) is 4.79 Å². The minimum absolute atomic E-state index is 0.0860. The number of benzene rings is 2. The zero-order valence-corrected chi connectivity index (χ0v) is 25.6. The molecule has 3 heterocycles. The third-order valence-corrected chi connectivity index (χ3v) is 8.12. The van der Waals surface area contributed by atoms with Crippen LogP contribution in [0.2, 0.25) is 5.02 Å². The number of urea groups is 1. The third-order valence-electron chi connectivity index (χ3n) is 6.92. The molecule has 2 unspecified atom stereocenters. The first-order chi connectivity index (χ1) is 20.4. The average molecular weight is 622 g/mol. The van der Waals surface area contributed by atoms with Crippen LogP contribution in [-0.4, -0.2) is 64.5 Å². The molecule has 2 atom stereocenters. The number of nitrogens with zero attached hydrogens (tertiary/aromatic N) is 3. The van der Waals surface area contributed by atoms with Gasteiger partial charge in [0.1, 0.15) is 35.8 Å². The first-order valence-electron chi connectivity index (χ1n) is 13.8. The zero-order chi connectivity index (χ0) is 30.9. The van der Waals surface area contributed by atoms with Crippen LogP contribution in [-0.2, 0) is 9.59 Å². The number of amidine groups is 1. The molecule has 0 radical (unpaired) electrons. The number of nitrogens with one attached hydrogen (secondary N) is 1. The molecule has 10 nitrogen and oxygen atoms in total. The number of ether oxygens (including phenoxy) is 1. The molecule has 0 spiro atoms. The predicted octanol–water partition coefficient (Wildman–Crippen LogP) is 4.73. The number of hydrogen-bond donors (Lipinski definition) is 2. The number of piperazine rings is 1. The van der Waals surface area contributed by atoms with E-state index >= 15 is 0 Å². The summed E-state index contributed by atoms with van der Waals surface area (Å²) in [6, 6.07) is 14.6. The highest BCUT2D eigenvalue weighted by molar-refractivity contribution is 7.10. The van der Waals surface area contributed by atoms with Crippen LogP contribution < -0.4 is 15.8 Å². The standard InChI is InChI=1S/C31H32ClN5O5S/c1-31(2,3)42-23-15-19(22(38)16-25(33)39)8-11-21(23)29-35-27(18-6-9-20(32)10-7-18)28(24-5-4-14-43-24)37(29)30(41)36-13-12-34-26(40)17-36/h4-11,14-15,27-28H,12-13,16-17H2,1-3H3,(H2,33,39)(H,34,40). The fraction of sp³-hybridized carbons (Fsp3) is 0.323. The highest BCUT2D eigenvalue weighted by Gasteiger charge is 2.45. The lowest BCUT2D eigenvalue weighted by Gasteiger charge is -2.35. The predicted molar refractivity (Wildman–Crippen MR) is 165 cm³/mol. The summed E-state index contributed by atoms with van der Waals surface area (Å²) in [5.74, 6) is -0.776. The Balaban J connectivity index is 1.69. The highest BCUT2D eigenvalue weighted by atomic mass is 35.5. The van der Waals surface area contributed by atoms with E-state index in [2.05, 4.69) is 5.32 Å². The van der Waals surface area contributed by atoms with Gasteiger partial charge in [0, 0.05) is 28.6 Å². The molecule has 4 amide bonds. The SMILES string of the molecule is CC(C)(C)Oc1cc(C(=O)CC(N)=O)ccc1C1=NC(c2ccc(Cl)cc2)C(c2cccs2)N1C(=O)N1CCNC(=O)C1. The fourth-order valence-corrected chi connectivity index (χ4v) is 6.09. The van der Waals surface area contributed by atoms with Crippen molar-refractivity contribution in [2.75, 3.05) is 19.6 Å². The second kappa shape index (κ2) is 12.2. The summed E-state index contributed by atoms with van der Waals surface area (Å²) in [4.78, 5) is 60.1. The summed E-state index contributed by atoms with van der Waals surface area (Å²) in [6.07, 6.45) is -0.448. The molecule has 2 aliphatic rings. The maximum absolute atomic E-state index is 14.4. The second-order valence-corrected chi connectivity index (χ2v) is 12.7. The number of Topliss-reactive ketones (excluding diaryl/α,β-unsaturated/α-hetero) is 1. The lowest BCUT2D eigenvalue weighted by atomic mass is 9.98. The molecule has 5 rings (SSSR count). The number of hydrogen-bond acceptors (Lipinski definition) is 7. The summed E-state index contributed by atoms with van der Waals surface area (Å²) < 4.78 is 6.33. The second-order valence-electron chi connectivity index (χ2n) is 11.3. The summed E-state index contributed by atoms with van der Waals surface area (Å²) in [6.45, 7) is 6.19. The van der Waals surface area contributed by atoms with Gasteiger partial charge in [0.05, 0.1) is 12.0 Å². The van der Waals surface area contributed by atoms with E-state index in [1.807, 2.05) is 50.4 Å². The lowest BCUT2D eigenvalue weighted by molar-refractivity contribution is -0.123. The molecule has 0 saturated carbocycles. The minimum Gasteiger partial charge on any atom is -0.487 e. The smallest absolute Gasteiger partial charge is 0.326 e. The van der Waals surface area contributed by atoms with Gasteiger partial charge in [0.2, 0.25) is 11.8 Å². The van der Waals surface area contributed by atoms with Gasteiger partial charge in [-0.15, -0.1) is 11.3 Å². The molecule has 3 aromatic rings. The normalized spacial score (nSPS) is 18.7. The Morgan fingerprint density at radius 3 is 2.51 bits per heavy atom. The molecule has 43 heavy (non-hydrogen) atoms. The molecular weight excluding hydrogens is 590 g/mol. The van der Waals surface area contributed by atoms with Gasteiger partial charge in [-0.3, -0.25) is 24.3 Å². The van der Waals surface area contributed by atoms with Crippen LogP contribution in [0.15, 0.2) is 65.0 Å². The fourth-order valence-electron chi connectivity index (χ4n) is 5.11. The Morgan fingerprint density at radius 1 is 1.14 bits per heavy atom. The van der Waals surface area contributed by atoms with Crippen LogP contribution >= 0.6 is 22.9 Å². The summed E-state index contributed by atoms with van der Waals surface area (Å²) in [7, 11) is 0. The molecule has 2 aliphatic heterocycles. The van der Waals surface area contributed by atoms with Crippen molar-refractivity contribution in [2.45, 2.75) is 44.9 Å². The molecule has 1 saturated heterocycles. The van der Waals surface area contributed by atoms with E-state index in [4.69, 9.17) is 27.1 Å². The molecule has 3 N–H and O–H groups in total. The van der Waals surface area contributed by atoms with Gasteiger partial charge in [-0.05, 0) is 62.0 Å². The largest absolute Gasteiger partial charge is 0.487 e. The first-order valence-corrected chi connectivity index (χ1v) is 15.0. The molecule has 12 heteroatoms. The van der Waals surface area contributed by atoms with Crippen molar-refractivity contribution in [3.8, 4) is 5.75 Å². The van der Waals surface area contributed by atoms with Crippen molar-refractivity contribution in [2.24, 2.45) is 10.7 Å². The van der Waals surface area contributed by atoms with Gasteiger partial charge in [0.15, 0.2) is 5.78 Å². The van der Waals surface area contributed by atoms with Crippen LogP contribution in [0.1, 0.15) is 65.6 Å². The van der Waals surface area contributed by atoms with Crippen LogP contribution in [0.3, 0.4) is 0 Å². The van der Waals surface area contributed by atoms with Gasteiger partial charge in [-0.2, -0.15) is 0 Å². The van der Waals surface area contributed by atoms with E-state index in [0.717, 1.165) is 10.4 Å². The summed E-state index contributed by atoms with van der Waals surface area (Å²) in [5.41, 5.74) is 6.18. The Bertz CT molecular complexity index is 1580. The molecule has 0 bridgehead atoms. The van der Waals surface area contributed by atoms with Crippen molar-refractivity contribution < 1.29 is 23.9 Å². The van der Waals surface area contributed by atoms with E-state index in [9.17, 15) is 19.2 Å². The molecular formula is C31H32ClN5O5S. The van der Waals surface area contributed by atoms with E-state index in [-0.39, 0.29) is 24.0 Å². The van der Waals surface area contributed by atoms with Crippen molar-refractivity contribution >= 4 is 52.4 Å². The highest BCUT2D eigenvalue weighted by Crippen LogP contribution is 2.46. The number of carbonyl (C=O) groups excluding carboxylic acids is 4. The topological polar surface area (TPSA) is 134 Å². The Kier molecular flexibility index (Phi) is 8.57. The molecule has 224 valence electrons. The van der Waals surface area contributed by atoms with Crippen LogP contribution in [0.5, 0.6) is 5.75 Å². The summed E-state index contributed by atoms with van der Waals surface area (Å²) in [5, 5.41) is 5.28. The maximum Gasteiger partial charge on any atom is 0.326 e. The van der Waals surface area contributed by atoms with E-state index in [0.29, 0.717) is 35.3 Å². The van der Waals surface area contributed by atoms with Crippen LogP contribution in [0.4, 0.5) is 4.79 Å². The number of nitrogens with two attached hydrogens (primary N) is 1. The number of rotatable bonds is 7.